The van der Waals surface area contributed by atoms with Gasteiger partial charge in [-0.05, 0) is 37.6 Å². The highest BCUT2D eigenvalue weighted by Crippen LogP contribution is 2.19. The van der Waals surface area contributed by atoms with Gasteiger partial charge in [-0.3, -0.25) is 9.79 Å². The maximum Gasteiger partial charge on any atom is 0.226 e. The van der Waals surface area contributed by atoms with Gasteiger partial charge < -0.3 is 16.0 Å². The first-order valence-electron chi connectivity index (χ1n) is 6.65. The number of hydrogen-bond donors (Lipinski definition) is 3. The number of guanidine groups is 1. The van der Waals surface area contributed by atoms with Gasteiger partial charge in [0.1, 0.15) is 0 Å². The van der Waals surface area contributed by atoms with E-state index in [-0.39, 0.29) is 5.91 Å². The van der Waals surface area contributed by atoms with Crippen molar-refractivity contribution in [3.8, 4) is 0 Å². The number of halogens is 1. The number of anilines is 1. The maximum absolute atomic E-state index is 11.9. The molecule has 1 aliphatic heterocycles. The summed E-state index contributed by atoms with van der Waals surface area (Å²) in [6.45, 7) is 5.39. The number of aryl methyl sites for hydroxylation is 1. The standard InChI is InChI=1S/C14H19BrN4O/c1-9-7-11(15)3-4-12(9)19-13(20)5-6-16-14-17-8-10(2)18-14/h3-4,7,10H,5-6,8H2,1-2H3,(H,19,20)(H2,16,17,18). The molecule has 0 bridgehead atoms. The minimum absolute atomic E-state index is 0.00503. The second-order valence-electron chi connectivity index (χ2n) is 4.92. The Morgan fingerprint density at radius 3 is 3.00 bits per heavy atom. The number of nitrogens with one attached hydrogen (secondary N) is 3. The Hall–Kier alpha value is -1.56. The molecule has 0 aromatic heterocycles. The molecule has 1 unspecified atom stereocenters. The molecule has 1 amide bonds. The minimum Gasteiger partial charge on any atom is -0.356 e. The van der Waals surface area contributed by atoms with Gasteiger partial charge in [-0.1, -0.05) is 15.9 Å². The van der Waals surface area contributed by atoms with Crippen LogP contribution < -0.4 is 16.0 Å². The number of aliphatic imine (C=N–C) groups is 1. The summed E-state index contributed by atoms with van der Waals surface area (Å²) >= 11 is 3.40. The van der Waals surface area contributed by atoms with Crippen LogP contribution in [0.2, 0.25) is 0 Å². The van der Waals surface area contributed by atoms with Gasteiger partial charge in [0.05, 0.1) is 6.54 Å². The molecule has 108 valence electrons. The highest BCUT2D eigenvalue weighted by atomic mass is 79.9. The number of nitrogens with zero attached hydrogens (tertiary/aromatic N) is 1. The van der Waals surface area contributed by atoms with E-state index in [2.05, 4.69) is 43.8 Å². The SMILES string of the molecule is Cc1cc(Br)ccc1NC(=O)CCNC1=NCC(C)N1. The summed E-state index contributed by atoms with van der Waals surface area (Å²) in [5.41, 5.74) is 1.89. The van der Waals surface area contributed by atoms with Crippen molar-refractivity contribution in [1.29, 1.82) is 0 Å². The van der Waals surface area contributed by atoms with Crippen molar-refractivity contribution in [1.82, 2.24) is 10.6 Å². The van der Waals surface area contributed by atoms with Gasteiger partial charge in [0.25, 0.3) is 0 Å². The molecule has 0 spiro atoms. The van der Waals surface area contributed by atoms with Gasteiger partial charge in [0.15, 0.2) is 5.96 Å². The molecule has 5 nitrogen and oxygen atoms in total. The molecule has 0 fully saturated rings. The van der Waals surface area contributed by atoms with Crippen LogP contribution in [0, 0.1) is 6.92 Å². The van der Waals surface area contributed by atoms with Gasteiger partial charge in [-0.25, -0.2) is 0 Å². The summed E-state index contributed by atoms with van der Waals surface area (Å²) < 4.78 is 1.01. The number of carbonyl (C=O) groups excluding carboxylic acids is 1. The van der Waals surface area contributed by atoms with Crippen LogP contribution in [0.3, 0.4) is 0 Å². The summed E-state index contributed by atoms with van der Waals surface area (Å²) in [6.07, 6.45) is 0.407. The van der Waals surface area contributed by atoms with Crippen molar-refractivity contribution in [2.24, 2.45) is 4.99 Å². The van der Waals surface area contributed by atoms with Crippen molar-refractivity contribution in [3.05, 3.63) is 28.2 Å². The summed E-state index contributed by atoms with van der Waals surface area (Å²) in [7, 11) is 0. The smallest absolute Gasteiger partial charge is 0.226 e. The van der Waals surface area contributed by atoms with E-state index in [1.807, 2.05) is 25.1 Å². The Bertz CT molecular complexity index is 530. The summed E-state index contributed by atoms with van der Waals surface area (Å²) in [5, 5.41) is 9.23. The first kappa shape index (κ1) is 14.8. The van der Waals surface area contributed by atoms with E-state index >= 15 is 0 Å². The zero-order valence-corrected chi connectivity index (χ0v) is 13.3. The van der Waals surface area contributed by atoms with Crippen LogP contribution in [-0.4, -0.2) is 31.0 Å². The summed E-state index contributed by atoms with van der Waals surface area (Å²) in [4.78, 5) is 16.1. The number of hydrogen-bond acceptors (Lipinski definition) is 4. The van der Waals surface area contributed by atoms with Gasteiger partial charge in [0, 0.05) is 29.2 Å². The molecular formula is C14H19BrN4O. The van der Waals surface area contributed by atoms with Gasteiger partial charge >= 0.3 is 0 Å². The van der Waals surface area contributed by atoms with Crippen molar-refractivity contribution >= 4 is 33.5 Å². The predicted molar refractivity (Wildman–Crippen MR) is 85.0 cm³/mol. The Morgan fingerprint density at radius 2 is 2.35 bits per heavy atom. The predicted octanol–water partition coefficient (Wildman–Crippen LogP) is 2.02. The first-order valence-corrected chi connectivity index (χ1v) is 7.45. The lowest BCUT2D eigenvalue weighted by Gasteiger charge is -2.10. The largest absolute Gasteiger partial charge is 0.356 e. The molecule has 0 radical (unpaired) electrons. The second-order valence-corrected chi connectivity index (χ2v) is 5.83. The van der Waals surface area contributed by atoms with Crippen LogP contribution in [0.1, 0.15) is 18.9 Å². The van der Waals surface area contributed by atoms with E-state index in [0.717, 1.165) is 28.2 Å². The highest BCUT2D eigenvalue weighted by Gasteiger charge is 2.12. The van der Waals surface area contributed by atoms with E-state index in [4.69, 9.17) is 0 Å². The second kappa shape index (κ2) is 6.74. The molecule has 0 aliphatic carbocycles. The fourth-order valence-corrected chi connectivity index (χ4v) is 2.41. The Labute approximate surface area is 127 Å². The highest BCUT2D eigenvalue weighted by molar-refractivity contribution is 9.10. The Balaban J connectivity index is 1.75. The van der Waals surface area contributed by atoms with Crippen LogP contribution in [0.5, 0.6) is 0 Å². The zero-order valence-electron chi connectivity index (χ0n) is 11.7. The molecule has 1 aliphatic rings. The zero-order chi connectivity index (χ0) is 14.5. The molecule has 1 aromatic carbocycles. The molecule has 20 heavy (non-hydrogen) atoms. The van der Waals surface area contributed by atoms with E-state index < -0.39 is 0 Å². The van der Waals surface area contributed by atoms with E-state index in [1.54, 1.807) is 0 Å². The number of amides is 1. The van der Waals surface area contributed by atoms with E-state index in [1.165, 1.54) is 0 Å². The topological polar surface area (TPSA) is 65.5 Å². The number of rotatable bonds is 4. The van der Waals surface area contributed by atoms with Crippen LogP contribution >= 0.6 is 15.9 Å². The summed E-state index contributed by atoms with van der Waals surface area (Å²) in [5.74, 6) is 0.777. The molecule has 2 rings (SSSR count). The first-order chi connectivity index (χ1) is 9.54. The lowest BCUT2D eigenvalue weighted by molar-refractivity contribution is -0.116. The Morgan fingerprint density at radius 1 is 1.55 bits per heavy atom. The molecule has 6 heteroatoms. The fraction of sp³-hybridized carbons (Fsp3) is 0.429. The van der Waals surface area contributed by atoms with Crippen LogP contribution in [0.4, 0.5) is 5.69 Å². The van der Waals surface area contributed by atoms with E-state index in [9.17, 15) is 4.79 Å². The lowest BCUT2D eigenvalue weighted by atomic mass is 10.2. The Kier molecular flexibility index (Phi) is 5.00. The third-order valence-electron chi connectivity index (χ3n) is 3.01. The number of carbonyl (C=O) groups is 1. The molecule has 3 N–H and O–H groups in total. The van der Waals surface area contributed by atoms with Crippen LogP contribution in [-0.2, 0) is 4.79 Å². The van der Waals surface area contributed by atoms with Crippen LogP contribution in [0.25, 0.3) is 0 Å². The minimum atomic E-state index is -0.00503. The van der Waals surface area contributed by atoms with Crippen LogP contribution in [0.15, 0.2) is 27.7 Å². The third-order valence-corrected chi connectivity index (χ3v) is 3.51. The monoisotopic (exact) mass is 338 g/mol. The van der Waals surface area contributed by atoms with Crippen molar-refractivity contribution < 1.29 is 4.79 Å². The van der Waals surface area contributed by atoms with E-state index in [0.29, 0.717) is 19.0 Å². The fourth-order valence-electron chi connectivity index (χ4n) is 1.93. The average molecular weight is 339 g/mol. The maximum atomic E-state index is 11.9. The van der Waals surface area contributed by atoms with Gasteiger partial charge in [0.2, 0.25) is 5.91 Å². The molecule has 0 saturated heterocycles. The molecular weight excluding hydrogens is 320 g/mol. The molecule has 0 saturated carbocycles. The number of benzene rings is 1. The molecule has 1 aromatic rings. The van der Waals surface area contributed by atoms with Crippen molar-refractivity contribution in [2.75, 3.05) is 18.4 Å². The average Bonchev–Trinajstić information content (AvgIpc) is 2.79. The molecule has 1 heterocycles. The normalized spacial score (nSPS) is 17.4. The lowest BCUT2D eigenvalue weighted by Crippen LogP contribution is -2.38. The quantitative estimate of drug-likeness (QED) is 0.786. The molecule has 1 atom stereocenters. The van der Waals surface area contributed by atoms with Gasteiger partial charge in [-0.2, -0.15) is 0 Å². The van der Waals surface area contributed by atoms with Gasteiger partial charge in [-0.15, -0.1) is 0 Å². The third kappa shape index (κ3) is 4.23. The summed E-state index contributed by atoms with van der Waals surface area (Å²) in [6, 6.07) is 6.16. The van der Waals surface area contributed by atoms with Crippen molar-refractivity contribution in [3.63, 3.8) is 0 Å². The van der Waals surface area contributed by atoms with Crippen molar-refractivity contribution in [2.45, 2.75) is 26.3 Å².